The fourth-order valence-electron chi connectivity index (χ4n) is 1.32. The van der Waals surface area contributed by atoms with Crippen molar-refractivity contribution >= 4 is 21.8 Å². The summed E-state index contributed by atoms with van der Waals surface area (Å²) in [5.74, 6) is 1.19. The van der Waals surface area contributed by atoms with Gasteiger partial charge in [-0.2, -0.15) is 0 Å². The number of hydrogen-bond donors (Lipinski definition) is 1. The Labute approximate surface area is 116 Å². The minimum Gasteiger partial charge on any atom is -0.497 e. The third-order valence-electron chi connectivity index (χ3n) is 2.01. The van der Waals surface area contributed by atoms with E-state index in [-0.39, 0.29) is 18.1 Å². The first-order valence-electron chi connectivity index (χ1n) is 5.59. The maximum atomic E-state index is 11.6. The Kier molecular flexibility index (Phi) is 5.02. The first kappa shape index (κ1) is 14.8. The second kappa shape index (κ2) is 6.09. The number of carbonyl (C=O) groups is 1. The van der Waals surface area contributed by atoms with Gasteiger partial charge in [-0.25, -0.2) is 0 Å². The molecule has 0 aliphatic heterocycles. The number of ether oxygens (including phenoxy) is 2. The van der Waals surface area contributed by atoms with E-state index in [0.717, 1.165) is 10.2 Å². The third kappa shape index (κ3) is 4.96. The highest BCUT2D eigenvalue weighted by atomic mass is 79.9. The molecule has 0 aromatic heterocycles. The van der Waals surface area contributed by atoms with Crippen LogP contribution in [0.15, 0.2) is 22.7 Å². The van der Waals surface area contributed by atoms with E-state index in [2.05, 4.69) is 21.2 Å². The molecule has 0 heterocycles. The fraction of sp³-hybridized carbons (Fsp3) is 0.462. The first-order valence-corrected chi connectivity index (χ1v) is 6.38. The molecular formula is C13H18BrNO3. The molecule has 0 spiro atoms. The van der Waals surface area contributed by atoms with Gasteiger partial charge in [0, 0.05) is 5.54 Å². The number of hydrogen-bond acceptors (Lipinski definition) is 3. The minimum atomic E-state index is -0.252. The van der Waals surface area contributed by atoms with Crippen molar-refractivity contribution in [3.63, 3.8) is 0 Å². The quantitative estimate of drug-likeness (QED) is 0.929. The lowest BCUT2D eigenvalue weighted by Crippen LogP contribution is -2.43. The van der Waals surface area contributed by atoms with Crippen molar-refractivity contribution in [2.75, 3.05) is 13.7 Å². The molecule has 100 valence electrons. The summed E-state index contributed by atoms with van der Waals surface area (Å²) in [6.45, 7) is 5.76. The smallest absolute Gasteiger partial charge is 0.258 e. The zero-order chi connectivity index (χ0) is 13.8. The van der Waals surface area contributed by atoms with Gasteiger partial charge in [-0.1, -0.05) is 0 Å². The maximum Gasteiger partial charge on any atom is 0.258 e. The zero-order valence-electron chi connectivity index (χ0n) is 11.0. The monoisotopic (exact) mass is 315 g/mol. The largest absolute Gasteiger partial charge is 0.497 e. The van der Waals surface area contributed by atoms with Crippen molar-refractivity contribution in [2.24, 2.45) is 0 Å². The second-order valence-electron chi connectivity index (χ2n) is 4.88. The van der Waals surface area contributed by atoms with Crippen LogP contribution in [-0.2, 0) is 4.79 Å². The number of rotatable bonds is 4. The average molecular weight is 316 g/mol. The van der Waals surface area contributed by atoms with Crippen LogP contribution in [-0.4, -0.2) is 25.2 Å². The molecule has 1 rings (SSSR count). The molecule has 0 radical (unpaired) electrons. The Bertz CT molecular complexity index is 427. The van der Waals surface area contributed by atoms with E-state index in [1.165, 1.54) is 0 Å². The van der Waals surface area contributed by atoms with Crippen molar-refractivity contribution < 1.29 is 14.3 Å². The normalized spacial score (nSPS) is 10.9. The lowest BCUT2D eigenvalue weighted by molar-refractivity contribution is -0.124. The van der Waals surface area contributed by atoms with Gasteiger partial charge >= 0.3 is 0 Å². The molecule has 0 unspecified atom stereocenters. The summed E-state index contributed by atoms with van der Waals surface area (Å²) >= 11 is 3.36. The second-order valence-corrected chi connectivity index (χ2v) is 5.74. The molecule has 0 aliphatic carbocycles. The van der Waals surface area contributed by atoms with Gasteiger partial charge in [0.15, 0.2) is 6.61 Å². The van der Waals surface area contributed by atoms with Gasteiger partial charge in [-0.05, 0) is 54.9 Å². The molecule has 4 nitrogen and oxygen atoms in total. The van der Waals surface area contributed by atoms with Crippen molar-refractivity contribution in [3.8, 4) is 11.5 Å². The Morgan fingerprint density at radius 1 is 1.39 bits per heavy atom. The van der Waals surface area contributed by atoms with Crippen molar-refractivity contribution in [2.45, 2.75) is 26.3 Å². The predicted molar refractivity (Wildman–Crippen MR) is 74.1 cm³/mol. The molecule has 1 N–H and O–H groups in total. The van der Waals surface area contributed by atoms with Crippen LogP contribution < -0.4 is 14.8 Å². The van der Waals surface area contributed by atoms with Crippen LogP contribution in [0.1, 0.15) is 20.8 Å². The van der Waals surface area contributed by atoms with Gasteiger partial charge in [-0.3, -0.25) is 4.79 Å². The molecule has 1 aromatic carbocycles. The molecule has 1 aromatic rings. The van der Waals surface area contributed by atoms with Gasteiger partial charge in [-0.15, -0.1) is 0 Å². The number of benzene rings is 1. The average Bonchev–Trinajstić information content (AvgIpc) is 2.25. The lowest BCUT2D eigenvalue weighted by atomic mass is 10.1. The Balaban J connectivity index is 2.56. The Morgan fingerprint density at radius 2 is 2.06 bits per heavy atom. The molecular weight excluding hydrogens is 298 g/mol. The molecule has 1 amide bonds. The van der Waals surface area contributed by atoms with Crippen LogP contribution >= 0.6 is 15.9 Å². The Morgan fingerprint density at radius 3 is 2.56 bits per heavy atom. The van der Waals surface area contributed by atoms with Crippen LogP contribution in [0.2, 0.25) is 0 Å². The third-order valence-corrected chi connectivity index (χ3v) is 2.63. The summed E-state index contributed by atoms with van der Waals surface area (Å²) in [7, 11) is 1.60. The molecule has 0 fully saturated rings. The number of methoxy groups -OCH3 is 1. The molecule has 0 saturated heterocycles. The van der Waals surface area contributed by atoms with Crippen LogP contribution in [0.3, 0.4) is 0 Å². The van der Waals surface area contributed by atoms with Crippen molar-refractivity contribution in [1.29, 1.82) is 0 Å². The highest BCUT2D eigenvalue weighted by Gasteiger charge is 2.14. The number of nitrogens with one attached hydrogen (secondary N) is 1. The summed E-state index contributed by atoms with van der Waals surface area (Å²) < 4.78 is 11.3. The van der Waals surface area contributed by atoms with Crippen molar-refractivity contribution in [3.05, 3.63) is 22.7 Å². The van der Waals surface area contributed by atoms with Crippen molar-refractivity contribution in [1.82, 2.24) is 5.32 Å². The molecule has 0 saturated carbocycles. The van der Waals surface area contributed by atoms with E-state index in [1.54, 1.807) is 25.3 Å². The standard InChI is InChI=1S/C13H18BrNO3/c1-13(2,3)15-12(16)8-18-11-6-5-9(17-4)7-10(11)14/h5-7H,8H2,1-4H3,(H,15,16). The van der Waals surface area contributed by atoms with Crippen LogP contribution in [0.5, 0.6) is 11.5 Å². The van der Waals surface area contributed by atoms with E-state index < -0.39 is 0 Å². The van der Waals surface area contributed by atoms with Crippen LogP contribution in [0.4, 0.5) is 0 Å². The maximum absolute atomic E-state index is 11.6. The summed E-state index contributed by atoms with van der Waals surface area (Å²) in [5, 5.41) is 2.83. The van der Waals surface area contributed by atoms with E-state index in [1.807, 2.05) is 20.8 Å². The number of carbonyl (C=O) groups excluding carboxylic acids is 1. The van der Waals surface area contributed by atoms with E-state index in [0.29, 0.717) is 5.75 Å². The van der Waals surface area contributed by atoms with E-state index in [9.17, 15) is 4.79 Å². The highest BCUT2D eigenvalue weighted by molar-refractivity contribution is 9.10. The topological polar surface area (TPSA) is 47.6 Å². The molecule has 5 heteroatoms. The first-order chi connectivity index (χ1) is 8.31. The van der Waals surface area contributed by atoms with Gasteiger partial charge in [0.2, 0.25) is 0 Å². The van der Waals surface area contributed by atoms with Gasteiger partial charge in [0.25, 0.3) is 5.91 Å². The van der Waals surface area contributed by atoms with E-state index >= 15 is 0 Å². The van der Waals surface area contributed by atoms with Crippen LogP contribution in [0.25, 0.3) is 0 Å². The predicted octanol–water partition coefficient (Wildman–Crippen LogP) is 2.75. The molecule has 0 atom stereocenters. The summed E-state index contributed by atoms with van der Waals surface area (Å²) in [6.07, 6.45) is 0. The molecule has 18 heavy (non-hydrogen) atoms. The summed E-state index contributed by atoms with van der Waals surface area (Å²) in [6, 6.07) is 5.33. The Hall–Kier alpha value is -1.23. The van der Waals surface area contributed by atoms with Gasteiger partial charge in [0.05, 0.1) is 11.6 Å². The SMILES string of the molecule is COc1ccc(OCC(=O)NC(C)(C)C)c(Br)c1. The summed E-state index contributed by atoms with van der Waals surface area (Å²) in [5.41, 5.74) is -0.252. The van der Waals surface area contributed by atoms with Gasteiger partial charge in [0.1, 0.15) is 11.5 Å². The zero-order valence-corrected chi connectivity index (χ0v) is 12.6. The highest BCUT2D eigenvalue weighted by Crippen LogP contribution is 2.28. The number of halogens is 1. The number of amides is 1. The van der Waals surface area contributed by atoms with E-state index in [4.69, 9.17) is 9.47 Å². The van der Waals surface area contributed by atoms with Crippen LogP contribution in [0, 0.1) is 0 Å². The fourth-order valence-corrected chi connectivity index (χ4v) is 1.80. The molecule has 0 aliphatic rings. The van der Waals surface area contributed by atoms with Gasteiger partial charge < -0.3 is 14.8 Å². The molecule has 0 bridgehead atoms. The summed E-state index contributed by atoms with van der Waals surface area (Å²) in [4.78, 5) is 11.6. The lowest BCUT2D eigenvalue weighted by Gasteiger charge is -2.20. The minimum absolute atomic E-state index is 0.0117.